The number of ether oxygens (including phenoxy) is 1. The fraction of sp³-hybridized carbons (Fsp3) is 0.391. The SMILES string of the molecule is Cc1cc(C(C)(F)F)cc2c1nc(Cc1c(Cl)ccc(C(=O)N3CCOCC3)c1Cl)n2C. The second-order valence-corrected chi connectivity index (χ2v) is 8.89. The van der Waals surface area contributed by atoms with Gasteiger partial charge in [-0.1, -0.05) is 23.2 Å². The van der Waals surface area contributed by atoms with E-state index in [9.17, 15) is 13.6 Å². The van der Waals surface area contributed by atoms with Crippen molar-refractivity contribution in [1.29, 1.82) is 0 Å². The molecule has 4 rings (SSSR count). The molecule has 1 fully saturated rings. The van der Waals surface area contributed by atoms with Crippen molar-refractivity contribution in [3.8, 4) is 0 Å². The van der Waals surface area contributed by atoms with Gasteiger partial charge in [0, 0.05) is 44.1 Å². The minimum absolute atomic E-state index is 0.0637. The molecule has 0 unspecified atom stereocenters. The summed E-state index contributed by atoms with van der Waals surface area (Å²) in [5.74, 6) is -2.52. The number of aromatic nitrogens is 2. The van der Waals surface area contributed by atoms with Crippen LogP contribution in [0.2, 0.25) is 10.0 Å². The van der Waals surface area contributed by atoms with Crippen LogP contribution in [0.1, 0.15) is 39.8 Å². The maximum absolute atomic E-state index is 13.9. The molecule has 32 heavy (non-hydrogen) atoms. The molecule has 1 amide bonds. The minimum atomic E-state index is -2.95. The number of hydrogen-bond acceptors (Lipinski definition) is 3. The first-order chi connectivity index (χ1) is 15.1. The predicted molar refractivity (Wildman–Crippen MR) is 121 cm³/mol. The van der Waals surface area contributed by atoms with E-state index in [1.165, 1.54) is 12.1 Å². The highest BCUT2D eigenvalue weighted by molar-refractivity contribution is 6.38. The normalized spacial score (nSPS) is 14.9. The molecule has 1 saturated heterocycles. The van der Waals surface area contributed by atoms with Crippen molar-refractivity contribution in [2.45, 2.75) is 26.2 Å². The van der Waals surface area contributed by atoms with Gasteiger partial charge in [0.1, 0.15) is 5.82 Å². The maximum Gasteiger partial charge on any atom is 0.270 e. The standard InChI is InChI=1S/C23H23Cl2F2N3O2/c1-13-10-14(23(2,26)27)11-18-21(13)28-19(29(18)3)12-16-17(24)5-4-15(20(16)25)22(31)30-6-8-32-9-7-30/h4-5,10-11H,6-9,12H2,1-3H3. The van der Waals surface area contributed by atoms with E-state index >= 15 is 0 Å². The molecule has 0 N–H and O–H groups in total. The zero-order valence-electron chi connectivity index (χ0n) is 18.0. The first-order valence-electron chi connectivity index (χ1n) is 10.3. The van der Waals surface area contributed by atoms with Gasteiger partial charge in [0.15, 0.2) is 0 Å². The van der Waals surface area contributed by atoms with Gasteiger partial charge in [-0.2, -0.15) is 0 Å². The number of rotatable bonds is 4. The van der Waals surface area contributed by atoms with Gasteiger partial charge in [-0.15, -0.1) is 0 Å². The lowest BCUT2D eigenvalue weighted by atomic mass is 10.1. The number of benzene rings is 2. The van der Waals surface area contributed by atoms with Gasteiger partial charge in [-0.25, -0.2) is 13.8 Å². The molecule has 3 aromatic rings. The van der Waals surface area contributed by atoms with E-state index in [0.717, 1.165) is 6.92 Å². The van der Waals surface area contributed by atoms with Crippen molar-refractivity contribution < 1.29 is 18.3 Å². The molecule has 1 aromatic heterocycles. The second kappa shape index (κ2) is 8.61. The summed E-state index contributed by atoms with van der Waals surface area (Å²) in [6.07, 6.45) is 0.254. The van der Waals surface area contributed by atoms with Crippen molar-refractivity contribution in [3.05, 3.63) is 62.4 Å². The summed E-state index contributed by atoms with van der Waals surface area (Å²) < 4.78 is 34.9. The number of amides is 1. The van der Waals surface area contributed by atoms with Crippen LogP contribution in [0.4, 0.5) is 8.78 Å². The summed E-state index contributed by atoms with van der Waals surface area (Å²) in [6, 6.07) is 6.20. The largest absolute Gasteiger partial charge is 0.378 e. The molecule has 2 aromatic carbocycles. The number of imidazole rings is 1. The molecular formula is C23H23Cl2F2N3O2. The van der Waals surface area contributed by atoms with Crippen LogP contribution in [0.5, 0.6) is 0 Å². The molecule has 0 aliphatic carbocycles. The third kappa shape index (κ3) is 4.21. The fourth-order valence-corrected chi connectivity index (χ4v) is 4.52. The summed E-state index contributed by atoms with van der Waals surface area (Å²) in [5.41, 5.74) is 2.79. The number of fused-ring (bicyclic) bond motifs is 1. The topological polar surface area (TPSA) is 47.4 Å². The molecule has 9 heteroatoms. The van der Waals surface area contributed by atoms with E-state index in [1.54, 1.807) is 35.6 Å². The molecule has 0 bridgehead atoms. The van der Waals surface area contributed by atoms with Gasteiger partial charge < -0.3 is 14.2 Å². The Morgan fingerprint density at radius 3 is 2.56 bits per heavy atom. The van der Waals surface area contributed by atoms with Crippen molar-refractivity contribution in [2.24, 2.45) is 7.05 Å². The predicted octanol–water partition coefficient (Wildman–Crippen LogP) is 5.36. The zero-order chi connectivity index (χ0) is 23.2. The molecule has 1 aliphatic heterocycles. The van der Waals surface area contributed by atoms with Crippen LogP contribution in [0.15, 0.2) is 24.3 Å². The molecule has 2 heterocycles. The number of alkyl halides is 2. The van der Waals surface area contributed by atoms with Crippen LogP contribution in [0.25, 0.3) is 11.0 Å². The quantitative estimate of drug-likeness (QED) is 0.503. The van der Waals surface area contributed by atoms with E-state index in [0.29, 0.717) is 64.9 Å². The lowest BCUT2D eigenvalue weighted by Crippen LogP contribution is -2.40. The number of morpholine rings is 1. The van der Waals surface area contributed by atoms with E-state index in [4.69, 9.17) is 27.9 Å². The Labute approximate surface area is 194 Å². The third-order valence-electron chi connectivity index (χ3n) is 5.83. The van der Waals surface area contributed by atoms with Crippen LogP contribution in [-0.2, 0) is 24.1 Å². The number of carbonyl (C=O) groups excluding carboxylic acids is 1. The van der Waals surface area contributed by atoms with Crippen LogP contribution < -0.4 is 0 Å². The van der Waals surface area contributed by atoms with Crippen LogP contribution in [0, 0.1) is 6.92 Å². The van der Waals surface area contributed by atoms with Gasteiger partial charge in [0.05, 0.1) is 34.8 Å². The lowest BCUT2D eigenvalue weighted by Gasteiger charge is -2.27. The Kier molecular flexibility index (Phi) is 6.18. The van der Waals surface area contributed by atoms with E-state index in [1.807, 2.05) is 0 Å². The van der Waals surface area contributed by atoms with Crippen molar-refractivity contribution in [3.63, 3.8) is 0 Å². The highest BCUT2D eigenvalue weighted by Gasteiger charge is 2.27. The Morgan fingerprint density at radius 2 is 1.91 bits per heavy atom. The van der Waals surface area contributed by atoms with Crippen LogP contribution >= 0.6 is 23.2 Å². The van der Waals surface area contributed by atoms with Crippen LogP contribution in [0.3, 0.4) is 0 Å². The fourth-order valence-electron chi connectivity index (χ4n) is 3.94. The number of hydrogen-bond donors (Lipinski definition) is 0. The highest BCUT2D eigenvalue weighted by atomic mass is 35.5. The molecule has 1 aliphatic rings. The summed E-state index contributed by atoms with van der Waals surface area (Å²) in [6.45, 7) is 4.62. The number of carbonyl (C=O) groups is 1. The minimum Gasteiger partial charge on any atom is -0.378 e. The van der Waals surface area contributed by atoms with E-state index in [-0.39, 0.29) is 22.9 Å². The Bertz CT molecular complexity index is 1200. The van der Waals surface area contributed by atoms with Crippen molar-refractivity contribution in [1.82, 2.24) is 14.5 Å². The molecule has 5 nitrogen and oxygen atoms in total. The summed E-state index contributed by atoms with van der Waals surface area (Å²) in [4.78, 5) is 19.3. The Balaban J connectivity index is 1.73. The molecule has 0 atom stereocenters. The molecule has 170 valence electrons. The van der Waals surface area contributed by atoms with Gasteiger partial charge >= 0.3 is 0 Å². The summed E-state index contributed by atoms with van der Waals surface area (Å²) in [7, 11) is 1.77. The highest BCUT2D eigenvalue weighted by Crippen LogP contribution is 2.34. The molecule has 0 spiro atoms. The first-order valence-corrected chi connectivity index (χ1v) is 11.0. The van der Waals surface area contributed by atoms with Gasteiger partial charge in [0.25, 0.3) is 11.8 Å². The maximum atomic E-state index is 13.9. The number of aryl methyl sites for hydroxylation is 2. The number of nitrogens with zero attached hydrogens (tertiary/aromatic N) is 3. The second-order valence-electron chi connectivity index (χ2n) is 8.11. The van der Waals surface area contributed by atoms with Gasteiger partial charge in [-0.05, 0) is 42.3 Å². The average Bonchev–Trinajstić information content (AvgIpc) is 3.07. The molecule has 0 saturated carbocycles. The van der Waals surface area contributed by atoms with Gasteiger partial charge in [0.2, 0.25) is 0 Å². The van der Waals surface area contributed by atoms with E-state index in [2.05, 4.69) is 4.98 Å². The number of halogens is 4. The zero-order valence-corrected chi connectivity index (χ0v) is 19.5. The Hall–Kier alpha value is -2.22. The monoisotopic (exact) mass is 481 g/mol. The average molecular weight is 482 g/mol. The summed E-state index contributed by atoms with van der Waals surface area (Å²) in [5, 5.41) is 0.691. The lowest BCUT2D eigenvalue weighted by molar-refractivity contribution is 0.0175. The smallest absolute Gasteiger partial charge is 0.270 e. The third-order valence-corrected chi connectivity index (χ3v) is 6.61. The molecular weight excluding hydrogens is 459 g/mol. The van der Waals surface area contributed by atoms with E-state index < -0.39 is 5.92 Å². The van der Waals surface area contributed by atoms with Crippen molar-refractivity contribution >= 4 is 40.1 Å². The van der Waals surface area contributed by atoms with Crippen molar-refractivity contribution in [2.75, 3.05) is 26.3 Å². The Morgan fingerprint density at radius 1 is 1.22 bits per heavy atom. The first kappa shape index (κ1) is 23.0. The van der Waals surface area contributed by atoms with Crippen LogP contribution in [-0.4, -0.2) is 46.7 Å². The molecule has 0 radical (unpaired) electrons. The summed E-state index contributed by atoms with van der Waals surface area (Å²) >= 11 is 13.1. The van der Waals surface area contributed by atoms with Gasteiger partial charge in [-0.3, -0.25) is 4.79 Å².